The highest BCUT2D eigenvalue weighted by atomic mass is 16.6. The van der Waals surface area contributed by atoms with E-state index < -0.39 is 0 Å². The first-order valence-electron chi connectivity index (χ1n) is 7.53. The normalized spacial score (nSPS) is 32.0. The van der Waals surface area contributed by atoms with Gasteiger partial charge in [0.15, 0.2) is 0 Å². The first-order valence-corrected chi connectivity index (χ1v) is 7.53. The highest BCUT2D eigenvalue weighted by Crippen LogP contribution is 2.23. The predicted molar refractivity (Wildman–Crippen MR) is 71.1 cm³/mol. The van der Waals surface area contributed by atoms with E-state index in [1.807, 2.05) is 0 Å². The lowest BCUT2D eigenvalue weighted by atomic mass is 10.0. The van der Waals surface area contributed by atoms with Gasteiger partial charge in [0.1, 0.15) is 6.04 Å². The Labute approximate surface area is 119 Å². The van der Waals surface area contributed by atoms with Gasteiger partial charge >= 0.3 is 0 Å². The first kappa shape index (κ1) is 13.8. The number of carbonyl (C=O) groups excluding carboxylic acids is 2. The summed E-state index contributed by atoms with van der Waals surface area (Å²) in [6.45, 7) is 3.51. The summed E-state index contributed by atoms with van der Waals surface area (Å²) in [5, 5.41) is 0. The SMILES string of the molecule is O=C1C2CCCCN2C(=O)CCN1CC1COCCO1. The summed E-state index contributed by atoms with van der Waals surface area (Å²) in [5.74, 6) is 0.205. The summed E-state index contributed by atoms with van der Waals surface area (Å²) >= 11 is 0. The van der Waals surface area contributed by atoms with E-state index in [1.165, 1.54) is 0 Å². The van der Waals surface area contributed by atoms with Crippen LogP contribution in [-0.4, -0.2) is 73.2 Å². The summed E-state index contributed by atoms with van der Waals surface area (Å²) in [6, 6.07) is -0.247. The Bertz CT molecular complexity index is 381. The number of fused-ring (bicyclic) bond motifs is 1. The van der Waals surface area contributed by atoms with Crippen LogP contribution in [0.5, 0.6) is 0 Å². The van der Waals surface area contributed by atoms with Gasteiger partial charge in [-0.3, -0.25) is 9.59 Å². The fourth-order valence-corrected chi connectivity index (χ4v) is 3.25. The van der Waals surface area contributed by atoms with Crippen molar-refractivity contribution in [2.45, 2.75) is 37.8 Å². The fraction of sp³-hybridized carbons (Fsp3) is 0.857. The van der Waals surface area contributed by atoms with E-state index in [0.29, 0.717) is 39.3 Å². The summed E-state index contributed by atoms with van der Waals surface area (Å²) in [5.41, 5.74) is 0. The number of hydrogen-bond acceptors (Lipinski definition) is 4. The number of amides is 2. The van der Waals surface area contributed by atoms with Gasteiger partial charge in [-0.05, 0) is 19.3 Å². The summed E-state index contributed by atoms with van der Waals surface area (Å²) in [4.78, 5) is 28.3. The second kappa shape index (κ2) is 6.10. The molecule has 3 aliphatic heterocycles. The molecule has 2 atom stereocenters. The van der Waals surface area contributed by atoms with Gasteiger partial charge in [-0.2, -0.15) is 0 Å². The van der Waals surface area contributed by atoms with Crippen LogP contribution in [0, 0.1) is 0 Å². The monoisotopic (exact) mass is 282 g/mol. The molecule has 2 amide bonds. The van der Waals surface area contributed by atoms with Crippen molar-refractivity contribution in [3.8, 4) is 0 Å². The van der Waals surface area contributed by atoms with Gasteiger partial charge in [0.2, 0.25) is 11.8 Å². The van der Waals surface area contributed by atoms with Crippen LogP contribution in [0.1, 0.15) is 25.7 Å². The van der Waals surface area contributed by atoms with Crippen molar-refractivity contribution < 1.29 is 19.1 Å². The van der Waals surface area contributed by atoms with Crippen molar-refractivity contribution in [3.63, 3.8) is 0 Å². The number of piperidine rings is 1. The van der Waals surface area contributed by atoms with Gasteiger partial charge in [-0.15, -0.1) is 0 Å². The van der Waals surface area contributed by atoms with Gasteiger partial charge in [0, 0.05) is 26.1 Å². The molecule has 6 heteroatoms. The molecule has 20 heavy (non-hydrogen) atoms. The third-order valence-electron chi connectivity index (χ3n) is 4.32. The molecule has 0 aromatic rings. The molecule has 2 unspecified atom stereocenters. The molecule has 3 heterocycles. The smallest absolute Gasteiger partial charge is 0.245 e. The molecule has 0 saturated carbocycles. The standard InChI is InChI=1S/C14H22N2O4/c17-13-4-6-15(9-11-10-19-7-8-20-11)14(18)12-3-1-2-5-16(12)13/h11-12H,1-10H2. The van der Waals surface area contributed by atoms with Gasteiger partial charge in [-0.25, -0.2) is 0 Å². The lowest BCUT2D eigenvalue weighted by molar-refractivity contribution is -0.146. The second-order valence-corrected chi connectivity index (χ2v) is 5.70. The van der Waals surface area contributed by atoms with Crippen molar-refractivity contribution in [1.29, 1.82) is 0 Å². The fourth-order valence-electron chi connectivity index (χ4n) is 3.25. The van der Waals surface area contributed by atoms with Crippen molar-refractivity contribution >= 4 is 11.8 Å². The Hall–Kier alpha value is -1.14. The first-order chi connectivity index (χ1) is 9.75. The van der Waals surface area contributed by atoms with Crippen LogP contribution in [0.2, 0.25) is 0 Å². The van der Waals surface area contributed by atoms with Crippen molar-refractivity contribution in [3.05, 3.63) is 0 Å². The zero-order valence-corrected chi connectivity index (χ0v) is 11.8. The summed E-state index contributed by atoms with van der Waals surface area (Å²) in [6.07, 6.45) is 3.20. The maximum atomic E-state index is 12.6. The second-order valence-electron chi connectivity index (χ2n) is 5.70. The van der Waals surface area contributed by atoms with Gasteiger partial charge < -0.3 is 19.3 Å². The lowest BCUT2D eigenvalue weighted by Crippen LogP contribution is -2.51. The van der Waals surface area contributed by atoms with Gasteiger partial charge in [-0.1, -0.05) is 0 Å². The maximum Gasteiger partial charge on any atom is 0.245 e. The number of rotatable bonds is 2. The van der Waals surface area contributed by atoms with E-state index in [-0.39, 0.29) is 24.0 Å². The molecule has 0 radical (unpaired) electrons. The number of nitrogens with zero attached hydrogens (tertiary/aromatic N) is 2. The summed E-state index contributed by atoms with van der Waals surface area (Å²) in [7, 11) is 0. The Balaban J connectivity index is 1.68. The average Bonchev–Trinajstić information content (AvgIpc) is 2.61. The highest BCUT2D eigenvalue weighted by molar-refractivity contribution is 5.90. The molecule has 3 saturated heterocycles. The zero-order chi connectivity index (χ0) is 13.9. The molecule has 0 aliphatic carbocycles. The zero-order valence-electron chi connectivity index (χ0n) is 11.8. The van der Waals surface area contributed by atoms with Crippen LogP contribution in [0.25, 0.3) is 0 Å². The molecule has 3 aliphatic rings. The highest BCUT2D eigenvalue weighted by Gasteiger charge is 2.38. The molecule has 6 nitrogen and oxygen atoms in total. The molecular formula is C14H22N2O4. The molecule has 0 aromatic carbocycles. The molecule has 0 aromatic heterocycles. The molecule has 112 valence electrons. The average molecular weight is 282 g/mol. The quantitative estimate of drug-likeness (QED) is 0.716. The largest absolute Gasteiger partial charge is 0.376 e. The third-order valence-corrected chi connectivity index (χ3v) is 4.32. The van der Waals surface area contributed by atoms with Gasteiger partial charge in [0.05, 0.1) is 25.9 Å². The van der Waals surface area contributed by atoms with Gasteiger partial charge in [0.25, 0.3) is 0 Å². The Kier molecular flexibility index (Phi) is 4.21. The molecule has 3 fully saturated rings. The maximum absolute atomic E-state index is 12.6. The minimum absolute atomic E-state index is 0.0575. The van der Waals surface area contributed by atoms with E-state index in [2.05, 4.69) is 0 Å². The van der Waals surface area contributed by atoms with E-state index in [4.69, 9.17) is 9.47 Å². The van der Waals surface area contributed by atoms with Crippen LogP contribution >= 0.6 is 0 Å². The summed E-state index contributed by atoms with van der Waals surface area (Å²) < 4.78 is 11.0. The van der Waals surface area contributed by atoms with Crippen molar-refractivity contribution in [1.82, 2.24) is 9.80 Å². The molecule has 3 rings (SSSR count). The van der Waals surface area contributed by atoms with Crippen LogP contribution in [0.15, 0.2) is 0 Å². The van der Waals surface area contributed by atoms with Crippen LogP contribution in [0.3, 0.4) is 0 Å². The van der Waals surface area contributed by atoms with Crippen molar-refractivity contribution in [2.75, 3.05) is 39.5 Å². The van der Waals surface area contributed by atoms with Crippen LogP contribution < -0.4 is 0 Å². The number of hydrogen-bond donors (Lipinski definition) is 0. The minimum atomic E-state index is -0.247. The van der Waals surface area contributed by atoms with Crippen LogP contribution in [-0.2, 0) is 19.1 Å². The number of carbonyl (C=O) groups is 2. The van der Waals surface area contributed by atoms with E-state index in [9.17, 15) is 9.59 Å². The predicted octanol–water partition coefficient (Wildman–Crippen LogP) is 0.0152. The number of ether oxygens (including phenoxy) is 2. The molecule has 0 spiro atoms. The van der Waals surface area contributed by atoms with E-state index in [0.717, 1.165) is 25.8 Å². The van der Waals surface area contributed by atoms with Crippen LogP contribution in [0.4, 0.5) is 0 Å². The Morgan fingerprint density at radius 3 is 2.85 bits per heavy atom. The van der Waals surface area contributed by atoms with E-state index in [1.54, 1.807) is 9.80 Å². The molecular weight excluding hydrogens is 260 g/mol. The Morgan fingerprint density at radius 1 is 1.15 bits per heavy atom. The van der Waals surface area contributed by atoms with Crippen molar-refractivity contribution in [2.24, 2.45) is 0 Å². The topological polar surface area (TPSA) is 59.1 Å². The molecule has 0 bridgehead atoms. The van der Waals surface area contributed by atoms with E-state index >= 15 is 0 Å². The lowest BCUT2D eigenvalue weighted by Gasteiger charge is -2.35. The third kappa shape index (κ3) is 2.81. The minimum Gasteiger partial charge on any atom is -0.376 e. The molecule has 0 N–H and O–H groups in total. The Morgan fingerprint density at radius 2 is 2.05 bits per heavy atom.